The van der Waals surface area contributed by atoms with Gasteiger partial charge in [0, 0.05) is 18.7 Å². The third-order valence-corrected chi connectivity index (χ3v) is 5.77. The van der Waals surface area contributed by atoms with E-state index in [4.69, 9.17) is 0 Å². The lowest BCUT2D eigenvalue weighted by Crippen LogP contribution is -2.52. The lowest BCUT2D eigenvalue weighted by Gasteiger charge is -2.33. The molecule has 1 aromatic carbocycles. The van der Waals surface area contributed by atoms with Gasteiger partial charge in [-0.05, 0) is 69.7 Å². The number of anilines is 1. The summed E-state index contributed by atoms with van der Waals surface area (Å²) < 4.78 is 0. The Morgan fingerprint density at radius 2 is 2.00 bits per heavy atom. The maximum Gasteiger partial charge on any atom is 0.249 e. The number of benzene rings is 1. The lowest BCUT2D eigenvalue weighted by molar-refractivity contribution is -0.129. The Bertz CT molecular complexity index is 629. The number of aryl methyl sites for hydroxylation is 1. The van der Waals surface area contributed by atoms with Crippen molar-refractivity contribution in [1.82, 2.24) is 10.6 Å². The average molecular weight is 394 g/mol. The maximum atomic E-state index is 12.8. The highest BCUT2D eigenvalue weighted by atomic mass is 35.5. The van der Waals surface area contributed by atoms with E-state index in [0.29, 0.717) is 18.3 Å². The van der Waals surface area contributed by atoms with E-state index in [0.717, 1.165) is 38.2 Å². The minimum atomic E-state index is -0.394. The van der Waals surface area contributed by atoms with Crippen LogP contribution >= 0.6 is 12.4 Å². The van der Waals surface area contributed by atoms with E-state index in [-0.39, 0.29) is 24.2 Å². The second kappa shape index (κ2) is 10.1. The van der Waals surface area contributed by atoms with E-state index in [1.807, 2.05) is 36.1 Å². The van der Waals surface area contributed by atoms with Crippen molar-refractivity contribution in [2.24, 2.45) is 11.8 Å². The molecule has 2 heterocycles. The van der Waals surface area contributed by atoms with Gasteiger partial charge in [0.25, 0.3) is 0 Å². The van der Waals surface area contributed by atoms with Crippen molar-refractivity contribution in [3.05, 3.63) is 29.8 Å². The Balaban J connectivity index is 0.00000261. The average Bonchev–Trinajstić information content (AvgIpc) is 2.65. The highest BCUT2D eigenvalue weighted by Gasteiger charge is 2.31. The molecule has 27 heavy (non-hydrogen) atoms. The van der Waals surface area contributed by atoms with E-state index in [1.54, 1.807) is 0 Å². The number of hydrogen-bond acceptors (Lipinski definition) is 3. The molecule has 2 aliphatic rings. The molecule has 2 fully saturated rings. The monoisotopic (exact) mass is 393 g/mol. The first kappa shape index (κ1) is 21.7. The molecule has 0 bridgehead atoms. The second-order valence-corrected chi connectivity index (χ2v) is 7.88. The molecule has 2 N–H and O–H groups in total. The van der Waals surface area contributed by atoms with Gasteiger partial charge in [0.05, 0.1) is 0 Å². The van der Waals surface area contributed by atoms with Crippen molar-refractivity contribution in [1.29, 1.82) is 0 Å². The molecular formula is C21H32ClN3O2. The molecule has 150 valence electrons. The van der Waals surface area contributed by atoms with E-state index in [2.05, 4.69) is 17.6 Å². The molecule has 2 saturated heterocycles. The second-order valence-electron chi connectivity index (χ2n) is 7.88. The number of carbonyl (C=O) groups is 2. The van der Waals surface area contributed by atoms with Gasteiger partial charge >= 0.3 is 0 Å². The molecule has 0 spiro atoms. The smallest absolute Gasteiger partial charge is 0.249 e. The third-order valence-electron chi connectivity index (χ3n) is 5.77. The Kier molecular flexibility index (Phi) is 8.11. The summed E-state index contributed by atoms with van der Waals surface area (Å²) in [5.41, 5.74) is 2.09. The van der Waals surface area contributed by atoms with Crippen LogP contribution in [0.1, 0.15) is 44.6 Å². The van der Waals surface area contributed by atoms with Crippen LogP contribution in [0.4, 0.5) is 5.69 Å². The van der Waals surface area contributed by atoms with Crippen molar-refractivity contribution in [3.8, 4) is 0 Å². The zero-order valence-corrected chi connectivity index (χ0v) is 17.2. The van der Waals surface area contributed by atoms with Crippen LogP contribution in [0.15, 0.2) is 24.3 Å². The first-order valence-electron chi connectivity index (χ1n) is 9.92. The highest BCUT2D eigenvalue weighted by molar-refractivity contribution is 5.99. The molecule has 3 atom stereocenters. The summed E-state index contributed by atoms with van der Waals surface area (Å²) in [6, 6.07) is 7.61. The molecule has 6 heteroatoms. The summed E-state index contributed by atoms with van der Waals surface area (Å²) in [7, 11) is 0. The van der Waals surface area contributed by atoms with Crippen LogP contribution in [0.5, 0.6) is 0 Å². The van der Waals surface area contributed by atoms with Crippen LogP contribution < -0.4 is 15.5 Å². The number of halogens is 1. The van der Waals surface area contributed by atoms with Crippen molar-refractivity contribution in [2.75, 3.05) is 24.5 Å². The number of hydrogen-bond donors (Lipinski definition) is 2. The fraction of sp³-hybridized carbons (Fsp3) is 0.619. The van der Waals surface area contributed by atoms with Gasteiger partial charge < -0.3 is 15.5 Å². The van der Waals surface area contributed by atoms with Gasteiger partial charge in [0.15, 0.2) is 0 Å². The van der Waals surface area contributed by atoms with Crippen LogP contribution in [-0.2, 0) is 9.59 Å². The predicted molar refractivity (Wildman–Crippen MR) is 111 cm³/mol. The Labute approximate surface area is 168 Å². The fourth-order valence-electron chi connectivity index (χ4n) is 4.07. The first-order valence-corrected chi connectivity index (χ1v) is 9.92. The number of rotatable bonds is 5. The number of piperidine rings is 2. The van der Waals surface area contributed by atoms with Gasteiger partial charge in [0.1, 0.15) is 6.04 Å². The summed E-state index contributed by atoms with van der Waals surface area (Å²) in [6.45, 7) is 6.99. The van der Waals surface area contributed by atoms with Crippen LogP contribution in [0.3, 0.4) is 0 Å². The molecule has 2 amide bonds. The van der Waals surface area contributed by atoms with Gasteiger partial charge in [-0.1, -0.05) is 24.6 Å². The predicted octanol–water partition coefficient (Wildman–Crippen LogP) is 3.05. The Morgan fingerprint density at radius 3 is 2.67 bits per heavy atom. The molecule has 0 aromatic heterocycles. The van der Waals surface area contributed by atoms with Gasteiger partial charge in [-0.15, -0.1) is 12.4 Å². The molecular weight excluding hydrogens is 362 g/mol. The SMILES string of the molecule is Cc1ccc(N2CCCC(NC(=O)CC(C)C3CCCNC3)C2=O)cc1.Cl. The van der Waals surface area contributed by atoms with E-state index < -0.39 is 6.04 Å². The maximum absolute atomic E-state index is 12.8. The Morgan fingerprint density at radius 1 is 1.26 bits per heavy atom. The number of carbonyl (C=O) groups excluding carboxylic acids is 2. The molecule has 0 radical (unpaired) electrons. The van der Waals surface area contributed by atoms with E-state index in [1.165, 1.54) is 18.4 Å². The summed E-state index contributed by atoms with van der Waals surface area (Å²) in [6.07, 6.45) is 4.51. The quantitative estimate of drug-likeness (QED) is 0.808. The topological polar surface area (TPSA) is 61.4 Å². The van der Waals surface area contributed by atoms with Crippen LogP contribution in [0, 0.1) is 18.8 Å². The number of nitrogens with zero attached hydrogens (tertiary/aromatic N) is 1. The van der Waals surface area contributed by atoms with Gasteiger partial charge in [0.2, 0.25) is 11.8 Å². The van der Waals surface area contributed by atoms with Crippen LogP contribution in [0.2, 0.25) is 0 Å². The molecule has 1 aromatic rings. The first-order chi connectivity index (χ1) is 12.5. The van der Waals surface area contributed by atoms with Crippen LogP contribution in [0.25, 0.3) is 0 Å². The fourth-order valence-corrected chi connectivity index (χ4v) is 4.07. The molecule has 5 nitrogen and oxygen atoms in total. The van der Waals surface area contributed by atoms with Gasteiger partial charge in [-0.2, -0.15) is 0 Å². The third kappa shape index (κ3) is 5.69. The van der Waals surface area contributed by atoms with Crippen molar-refractivity contribution >= 4 is 29.9 Å². The number of nitrogens with one attached hydrogen (secondary N) is 2. The normalized spacial score (nSPS) is 24.1. The van der Waals surface area contributed by atoms with Crippen molar-refractivity contribution in [2.45, 2.75) is 52.0 Å². The number of amides is 2. The molecule has 3 rings (SSSR count). The molecule has 0 saturated carbocycles. The highest BCUT2D eigenvalue weighted by Crippen LogP contribution is 2.24. The van der Waals surface area contributed by atoms with Gasteiger partial charge in [-0.25, -0.2) is 0 Å². The standard InChI is InChI=1S/C21H31N3O2.ClH/c1-15-7-9-18(10-8-15)24-12-4-6-19(21(24)26)23-20(25)13-16(2)17-5-3-11-22-14-17;/h7-10,16-17,19,22H,3-6,11-14H2,1-2H3,(H,23,25);1H. The lowest BCUT2D eigenvalue weighted by atomic mass is 9.85. The van der Waals surface area contributed by atoms with Crippen molar-refractivity contribution < 1.29 is 9.59 Å². The van der Waals surface area contributed by atoms with Gasteiger partial charge in [-0.3, -0.25) is 9.59 Å². The summed E-state index contributed by atoms with van der Waals surface area (Å²) in [4.78, 5) is 27.1. The van der Waals surface area contributed by atoms with Crippen molar-refractivity contribution in [3.63, 3.8) is 0 Å². The summed E-state index contributed by atoms with van der Waals surface area (Å²) >= 11 is 0. The molecule has 2 aliphatic heterocycles. The molecule has 3 unspecified atom stereocenters. The zero-order valence-electron chi connectivity index (χ0n) is 16.4. The largest absolute Gasteiger partial charge is 0.344 e. The van der Waals surface area contributed by atoms with E-state index in [9.17, 15) is 9.59 Å². The Hall–Kier alpha value is -1.59. The minimum Gasteiger partial charge on any atom is -0.344 e. The molecule has 0 aliphatic carbocycles. The van der Waals surface area contributed by atoms with Crippen LogP contribution in [-0.4, -0.2) is 37.5 Å². The summed E-state index contributed by atoms with van der Waals surface area (Å²) in [5, 5.41) is 6.41. The summed E-state index contributed by atoms with van der Waals surface area (Å²) in [5.74, 6) is 0.919. The minimum absolute atomic E-state index is 0. The zero-order chi connectivity index (χ0) is 18.5. The van der Waals surface area contributed by atoms with E-state index >= 15 is 0 Å².